The molecule has 2 aromatic heterocycles. The lowest BCUT2D eigenvalue weighted by atomic mass is 10.1. The Hall–Kier alpha value is -1.27. The first-order valence-electron chi connectivity index (χ1n) is 4.80. The number of aromatic nitrogens is 4. The van der Waals surface area contributed by atoms with Crippen molar-refractivity contribution in [2.24, 2.45) is 7.05 Å². The van der Waals surface area contributed by atoms with E-state index in [1.165, 1.54) is 0 Å². The second-order valence-electron chi connectivity index (χ2n) is 3.50. The predicted octanol–water partition coefficient (Wildman–Crippen LogP) is 1.25. The van der Waals surface area contributed by atoms with E-state index in [1.807, 2.05) is 6.07 Å². The maximum Gasteiger partial charge on any atom is 0.102 e. The Bertz CT molecular complexity index is 468. The molecule has 0 radical (unpaired) electrons. The molecule has 0 fully saturated rings. The second kappa shape index (κ2) is 4.71. The Morgan fingerprint density at radius 2 is 2.31 bits per heavy atom. The summed E-state index contributed by atoms with van der Waals surface area (Å²) in [5.41, 5.74) is 1.38. The van der Waals surface area contributed by atoms with Gasteiger partial charge in [-0.05, 0) is 28.1 Å². The van der Waals surface area contributed by atoms with Crippen molar-refractivity contribution in [2.75, 3.05) is 0 Å². The molecule has 0 aliphatic rings. The van der Waals surface area contributed by atoms with Crippen LogP contribution in [0.25, 0.3) is 0 Å². The third-order valence-electron chi connectivity index (χ3n) is 2.14. The van der Waals surface area contributed by atoms with Crippen molar-refractivity contribution in [3.8, 4) is 0 Å². The molecule has 0 aliphatic carbocycles. The molecule has 0 saturated heterocycles. The third-order valence-corrected chi connectivity index (χ3v) is 2.61. The number of rotatable bonds is 3. The highest BCUT2D eigenvalue weighted by atomic mass is 79.9. The predicted molar refractivity (Wildman–Crippen MR) is 61.6 cm³/mol. The van der Waals surface area contributed by atoms with Crippen LogP contribution in [0, 0.1) is 0 Å². The van der Waals surface area contributed by atoms with E-state index in [-0.39, 0.29) is 0 Å². The Morgan fingerprint density at radius 1 is 1.50 bits per heavy atom. The lowest BCUT2D eigenvalue weighted by Crippen LogP contribution is -2.04. The number of aryl methyl sites for hydroxylation is 1. The molecule has 16 heavy (non-hydrogen) atoms. The van der Waals surface area contributed by atoms with E-state index in [4.69, 9.17) is 0 Å². The van der Waals surface area contributed by atoms with Crippen LogP contribution >= 0.6 is 15.9 Å². The minimum absolute atomic E-state index is 0.419. The molecule has 1 N–H and O–H groups in total. The molecule has 0 amide bonds. The van der Waals surface area contributed by atoms with Gasteiger partial charge in [0.2, 0.25) is 0 Å². The summed E-state index contributed by atoms with van der Waals surface area (Å²) in [6.07, 6.45) is 3.21. The molecule has 2 heterocycles. The zero-order valence-corrected chi connectivity index (χ0v) is 10.3. The van der Waals surface area contributed by atoms with Crippen molar-refractivity contribution >= 4 is 15.9 Å². The van der Waals surface area contributed by atoms with Crippen molar-refractivity contribution in [1.82, 2.24) is 20.0 Å². The van der Waals surface area contributed by atoms with Crippen LogP contribution in [-0.4, -0.2) is 25.1 Å². The topological polar surface area (TPSA) is 63.8 Å². The van der Waals surface area contributed by atoms with Gasteiger partial charge in [-0.15, -0.1) is 5.10 Å². The quantitative estimate of drug-likeness (QED) is 0.920. The SMILES string of the molecule is Cn1cc(CC(O)c2ccc(Br)cn2)nn1. The Morgan fingerprint density at radius 3 is 2.88 bits per heavy atom. The fourth-order valence-corrected chi connectivity index (χ4v) is 1.61. The minimum atomic E-state index is -0.648. The number of hydrogen-bond donors (Lipinski definition) is 1. The van der Waals surface area contributed by atoms with E-state index in [1.54, 1.807) is 30.2 Å². The standard InChI is InChI=1S/C10H11BrN4O/c1-15-6-8(13-14-15)4-10(16)9-3-2-7(11)5-12-9/h2-3,5-6,10,16H,4H2,1H3. The molecule has 1 atom stereocenters. The number of nitrogens with zero attached hydrogens (tertiary/aromatic N) is 4. The normalized spacial score (nSPS) is 12.7. The summed E-state index contributed by atoms with van der Waals surface area (Å²) < 4.78 is 2.50. The molecule has 1 unspecified atom stereocenters. The van der Waals surface area contributed by atoms with Crippen LogP contribution in [0.5, 0.6) is 0 Å². The number of aliphatic hydroxyl groups excluding tert-OH is 1. The molecule has 0 aromatic carbocycles. The van der Waals surface area contributed by atoms with Crippen molar-refractivity contribution in [3.05, 3.63) is 40.4 Å². The number of pyridine rings is 1. The molecule has 0 spiro atoms. The average Bonchev–Trinajstić information content (AvgIpc) is 2.65. The highest BCUT2D eigenvalue weighted by Crippen LogP contribution is 2.16. The molecule has 6 heteroatoms. The lowest BCUT2D eigenvalue weighted by Gasteiger charge is -2.07. The van der Waals surface area contributed by atoms with Gasteiger partial charge in [0, 0.05) is 30.3 Å². The zero-order chi connectivity index (χ0) is 11.5. The molecule has 2 rings (SSSR count). The van der Waals surface area contributed by atoms with Crippen LogP contribution in [0.2, 0.25) is 0 Å². The Kier molecular flexibility index (Phi) is 3.31. The van der Waals surface area contributed by atoms with E-state index in [0.717, 1.165) is 10.2 Å². The summed E-state index contributed by atoms with van der Waals surface area (Å²) in [6.45, 7) is 0. The Balaban J connectivity index is 2.08. The summed E-state index contributed by atoms with van der Waals surface area (Å²) in [7, 11) is 1.79. The molecule has 0 saturated carbocycles. The van der Waals surface area contributed by atoms with Crippen molar-refractivity contribution < 1.29 is 5.11 Å². The summed E-state index contributed by atoms with van der Waals surface area (Å²) in [5, 5.41) is 17.6. The first-order chi connectivity index (χ1) is 7.65. The van der Waals surface area contributed by atoms with E-state index in [9.17, 15) is 5.11 Å². The van der Waals surface area contributed by atoms with Gasteiger partial charge < -0.3 is 5.11 Å². The molecule has 5 nitrogen and oxygen atoms in total. The first kappa shape index (κ1) is 11.2. The van der Waals surface area contributed by atoms with Gasteiger partial charge in [0.1, 0.15) is 6.10 Å². The Labute approximate surface area is 101 Å². The second-order valence-corrected chi connectivity index (χ2v) is 4.42. The molecule has 84 valence electrons. The van der Waals surface area contributed by atoms with Gasteiger partial charge >= 0.3 is 0 Å². The van der Waals surface area contributed by atoms with E-state index in [2.05, 4.69) is 31.2 Å². The van der Waals surface area contributed by atoms with Crippen LogP contribution in [0.3, 0.4) is 0 Å². The molecule has 2 aromatic rings. The largest absolute Gasteiger partial charge is 0.386 e. The monoisotopic (exact) mass is 282 g/mol. The summed E-state index contributed by atoms with van der Waals surface area (Å²) in [4.78, 5) is 4.13. The van der Waals surface area contributed by atoms with Crippen LogP contribution in [0.15, 0.2) is 29.0 Å². The van der Waals surface area contributed by atoms with Gasteiger partial charge in [-0.25, -0.2) is 0 Å². The van der Waals surface area contributed by atoms with Crippen molar-refractivity contribution in [2.45, 2.75) is 12.5 Å². The van der Waals surface area contributed by atoms with E-state index >= 15 is 0 Å². The molecule has 0 bridgehead atoms. The highest BCUT2D eigenvalue weighted by molar-refractivity contribution is 9.10. The molecular weight excluding hydrogens is 272 g/mol. The summed E-state index contributed by atoms with van der Waals surface area (Å²) in [6, 6.07) is 3.63. The summed E-state index contributed by atoms with van der Waals surface area (Å²) >= 11 is 3.29. The van der Waals surface area contributed by atoms with Crippen molar-refractivity contribution in [1.29, 1.82) is 0 Å². The minimum Gasteiger partial charge on any atom is -0.386 e. The van der Waals surface area contributed by atoms with E-state index in [0.29, 0.717) is 12.1 Å². The van der Waals surface area contributed by atoms with Gasteiger partial charge in [0.05, 0.1) is 11.4 Å². The number of halogens is 1. The maximum absolute atomic E-state index is 9.92. The summed E-state index contributed by atoms with van der Waals surface area (Å²) in [5.74, 6) is 0. The lowest BCUT2D eigenvalue weighted by molar-refractivity contribution is 0.172. The fraction of sp³-hybridized carbons (Fsp3) is 0.300. The molecular formula is C10H11BrN4O. The van der Waals surface area contributed by atoms with Crippen LogP contribution < -0.4 is 0 Å². The number of hydrogen-bond acceptors (Lipinski definition) is 4. The average molecular weight is 283 g/mol. The van der Waals surface area contributed by atoms with E-state index < -0.39 is 6.10 Å². The fourth-order valence-electron chi connectivity index (χ4n) is 1.38. The smallest absolute Gasteiger partial charge is 0.102 e. The molecule has 0 aliphatic heterocycles. The maximum atomic E-state index is 9.92. The highest BCUT2D eigenvalue weighted by Gasteiger charge is 2.11. The number of aliphatic hydroxyl groups is 1. The van der Waals surface area contributed by atoms with Gasteiger partial charge in [-0.1, -0.05) is 5.21 Å². The zero-order valence-electron chi connectivity index (χ0n) is 8.71. The van der Waals surface area contributed by atoms with Gasteiger partial charge in [0.25, 0.3) is 0 Å². The van der Waals surface area contributed by atoms with Crippen LogP contribution in [0.1, 0.15) is 17.5 Å². The van der Waals surface area contributed by atoms with Crippen LogP contribution in [0.4, 0.5) is 0 Å². The van der Waals surface area contributed by atoms with Crippen LogP contribution in [-0.2, 0) is 13.5 Å². The van der Waals surface area contributed by atoms with Gasteiger partial charge in [-0.2, -0.15) is 0 Å². The third kappa shape index (κ3) is 2.65. The van der Waals surface area contributed by atoms with Crippen molar-refractivity contribution in [3.63, 3.8) is 0 Å². The van der Waals surface area contributed by atoms with Gasteiger partial charge in [-0.3, -0.25) is 9.67 Å². The van der Waals surface area contributed by atoms with Gasteiger partial charge in [0.15, 0.2) is 0 Å². The first-order valence-corrected chi connectivity index (χ1v) is 5.59.